The first kappa shape index (κ1) is 22.5. The van der Waals surface area contributed by atoms with Crippen LogP contribution in [0.5, 0.6) is 5.75 Å². The molecule has 1 unspecified atom stereocenters. The van der Waals surface area contributed by atoms with Crippen molar-refractivity contribution in [3.8, 4) is 5.75 Å². The van der Waals surface area contributed by atoms with Crippen LogP contribution >= 0.6 is 24.0 Å². The maximum atomic E-state index is 10.8. The van der Waals surface area contributed by atoms with Crippen molar-refractivity contribution in [3.63, 3.8) is 0 Å². The zero-order chi connectivity index (χ0) is 18.1. The number of halogens is 1. The van der Waals surface area contributed by atoms with Gasteiger partial charge in [0.2, 0.25) is 0 Å². The van der Waals surface area contributed by atoms with Gasteiger partial charge in [0, 0.05) is 32.7 Å². The fourth-order valence-electron chi connectivity index (χ4n) is 2.88. The highest BCUT2D eigenvalue weighted by Gasteiger charge is 2.24. The van der Waals surface area contributed by atoms with Gasteiger partial charge in [0.05, 0.1) is 13.2 Å². The number of aliphatic imine (C=N–C) groups is 1. The summed E-state index contributed by atoms with van der Waals surface area (Å²) >= 11 is 0. The summed E-state index contributed by atoms with van der Waals surface area (Å²) in [4.78, 5) is 17.8. The highest BCUT2D eigenvalue weighted by Crippen LogP contribution is 2.17. The van der Waals surface area contributed by atoms with Gasteiger partial charge < -0.3 is 25.4 Å². The molecule has 1 atom stereocenters. The molecule has 2 rings (SSSR count). The molecule has 0 aromatic heterocycles. The van der Waals surface area contributed by atoms with Crippen LogP contribution < -0.4 is 15.8 Å². The topological polar surface area (TPSA) is 89.2 Å². The lowest BCUT2D eigenvalue weighted by Crippen LogP contribution is -2.40. The maximum absolute atomic E-state index is 10.8. The van der Waals surface area contributed by atoms with Crippen molar-refractivity contribution < 1.29 is 14.3 Å². The zero-order valence-corrected chi connectivity index (χ0v) is 17.8. The van der Waals surface area contributed by atoms with Crippen molar-refractivity contribution in [1.29, 1.82) is 0 Å². The molecule has 0 saturated carbocycles. The Hall–Kier alpha value is -1.55. The third-order valence-electron chi connectivity index (χ3n) is 4.01. The third-order valence-corrected chi connectivity index (χ3v) is 4.01. The van der Waals surface area contributed by atoms with Crippen molar-refractivity contribution in [2.24, 2.45) is 16.6 Å². The van der Waals surface area contributed by atoms with E-state index in [9.17, 15) is 4.79 Å². The maximum Gasteiger partial charge on any atom is 0.255 e. The van der Waals surface area contributed by atoms with Crippen LogP contribution in [0.3, 0.4) is 0 Å². The van der Waals surface area contributed by atoms with Crippen LogP contribution in [0.1, 0.15) is 18.9 Å². The lowest BCUT2D eigenvalue weighted by molar-refractivity contribution is -0.119. The first-order chi connectivity index (χ1) is 12.1. The number of carbonyl (C=O) groups is 1. The van der Waals surface area contributed by atoms with Gasteiger partial charge in [-0.25, -0.2) is 4.99 Å². The van der Waals surface area contributed by atoms with Crippen LogP contribution in [0.4, 0.5) is 0 Å². The lowest BCUT2D eigenvalue weighted by atomic mass is 10.1. The third kappa shape index (κ3) is 7.36. The van der Waals surface area contributed by atoms with Gasteiger partial charge in [-0.3, -0.25) is 4.79 Å². The Bertz CT molecular complexity index is 598. The number of benzene rings is 1. The Morgan fingerprint density at radius 1 is 1.46 bits per heavy atom. The van der Waals surface area contributed by atoms with E-state index in [0.29, 0.717) is 18.2 Å². The molecule has 1 fully saturated rings. The van der Waals surface area contributed by atoms with Gasteiger partial charge in [-0.2, -0.15) is 0 Å². The summed E-state index contributed by atoms with van der Waals surface area (Å²) in [5.41, 5.74) is 6.12. The number of ether oxygens (including phenoxy) is 2. The van der Waals surface area contributed by atoms with Crippen LogP contribution in [0, 0.1) is 5.92 Å². The summed E-state index contributed by atoms with van der Waals surface area (Å²) in [5, 5.41) is 3.35. The lowest BCUT2D eigenvalue weighted by Gasteiger charge is -2.21. The van der Waals surface area contributed by atoms with Gasteiger partial charge in [-0.15, -0.1) is 24.0 Å². The second kappa shape index (κ2) is 11.9. The molecule has 1 aromatic carbocycles. The summed E-state index contributed by atoms with van der Waals surface area (Å²) in [6, 6.07) is 7.56. The number of likely N-dealkylation sites (tertiary alicyclic amines) is 1. The van der Waals surface area contributed by atoms with E-state index >= 15 is 0 Å². The van der Waals surface area contributed by atoms with Crippen molar-refractivity contribution in [3.05, 3.63) is 29.8 Å². The molecular weight excluding hydrogens is 447 g/mol. The van der Waals surface area contributed by atoms with E-state index in [1.807, 2.05) is 18.2 Å². The van der Waals surface area contributed by atoms with Crippen molar-refractivity contribution >= 4 is 35.8 Å². The fraction of sp³-hybridized carbons (Fsp3) is 0.556. The van der Waals surface area contributed by atoms with Crippen LogP contribution in [-0.2, 0) is 16.1 Å². The molecule has 7 nitrogen and oxygen atoms in total. The van der Waals surface area contributed by atoms with E-state index < -0.39 is 5.91 Å². The number of hydrogen-bond acceptors (Lipinski definition) is 4. The number of methoxy groups -OCH3 is 1. The standard InChI is InChI=1S/C18H28N4O3.HI/c1-3-20-18(22-8-7-15(11-22)12-24-2)21-10-14-5-4-6-16(9-14)25-13-17(19)23;/h4-6,9,15H,3,7-8,10-13H2,1-2H3,(H2,19,23)(H,20,21);1H. The second-order valence-corrected chi connectivity index (χ2v) is 6.13. The number of nitrogens with two attached hydrogens (primary N) is 1. The van der Waals surface area contributed by atoms with Gasteiger partial charge in [0.25, 0.3) is 5.91 Å². The number of amides is 1. The van der Waals surface area contributed by atoms with Gasteiger partial charge in [0.15, 0.2) is 12.6 Å². The van der Waals surface area contributed by atoms with Crippen molar-refractivity contribution in [1.82, 2.24) is 10.2 Å². The predicted molar refractivity (Wildman–Crippen MR) is 113 cm³/mol. The molecule has 26 heavy (non-hydrogen) atoms. The van der Waals surface area contributed by atoms with E-state index in [1.54, 1.807) is 13.2 Å². The molecule has 1 aliphatic rings. The quantitative estimate of drug-likeness (QED) is 0.338. The number of hydrogen-bond donors (Lipinski definition) is 2. The number of nitrogens with zero attached hydrogens (tertiary/aromatic N) is 2. The summed E-state index contributed by atoms with van der Waals surface area (Å²) in [6.45, 7) is 6.05. The Morgan fingerprint density at radius 2 is 2.27 bits per heavy atom. The molecule has 1 amide bonds. The molecule has 146 valence electrons. The first-order valence-corrected chi connectivity index (χ1v) is 8.64. The summed E-state index contributed by atoms with van der Waals surface area (Å²) < 4.78 is 10.6. The van der Waals surface area contributed by atoms with Crippen LogP contribution in [0.15, 0.2) is 29.3 Å². The Kier molecular flexibility index (Phi) is 10.3. The normalized spacial score (nSPS) is 16.9. The smallest absolute Gasteiger partial charge is 0.255 e. The SMILES string of the molecule is CCNC(=NCc1cccc(OCC(N)=O)c1)N1CCC(COC)C1.I. The molecule has 0 bridgehead atoms. The van der Waals surface area contributed by atoms with Gasteiger partial charge in [-0.1, -0.05) is 12.1 Å². The molecule has 1 saturated heterocycles. The number of primary amides is 1. The summed E-state index contributed by atoms with van der Waals surface area (Å²) in [5.74, 6) is 1.61. The molecule has 8 heteroatoms. The minimum atomic E-state index is -0.488. The molecule has 0 spiro atoms. The summed E-state index contributed by atoms with van der Waals surface area (Å²) in [7, 11) is 1.75. The van der Waals surface area contributed by atoms with Gasteiger partial charge in [0.1, 0.15) is 5.75 Å². The van der Waals surface area contributed by atoms with E-state index in [1.165, 1.54) is 0 Å². The Balaban J connectivity index is 0.00000338. The van der Waals surface area contributed by atoms with Gasteiger partial charge in [-0.05, 0) is 31.0 Å². The zero-order valence-electron chi connectivity index (χ0n) is 15.4. The highest BCUT2D eigenvalue weighted by atomic mass is 127. The number of nitrogens with one attached hydrogen (secondary N) is 1. The van der Waals surface area contributed by atoms with Crippen molar-refractivity contribution in [2.75, 3.05) is 40.0 Å². The van der Waals surface area contributed by atoms with Crippen LogP contribution in [0.25, 0.3) is 0 Å². The van der Waals surface area contributed by atoms with Crippen LogP contribution in [0.2, 0.25) is 0 Å². The monoisotopic (exact) mass is 476 g/mol. The van der Waals surface area contributed by atoms with Crippen LogP contribution in [-0.4, -0.2) is 56.7 Å². The molecule has 3 N–H and O–H groups in total. The van der Waals surface area contributed by atoms with E-state index in [-0.39, 0.29) is 30.6 Å². The number of guanidine groups is 1. The molecule has 1 aromatic rings. The average Bonchev–Trinajstić information content (AvgIpc) is 3.06. The van der Waals surface area contributed by atoms with E-state index in [2.05, 4.69) is 17.1 Å². The molecule has 1 heterocycles. The Morgan fingerprint density at radius 3 is 2.96 bits per heavy atom. The van der Waals surface area contributed by atoms with E-state index in [0.717, 1.165) is 44.2 Å². The van der Waals surface area contributed by atoms with Gasteiger partial charge >= 0.3 is 0 Å². The minimum absolute atomic E-state index is 0. The highest BCUT2D eigenvalue weighted by molar-refractivity contribution is 14.0. The minimum Gasteiger partial charge on any atom is -0.484 e. The molecule has 0 radical (unpaired) electrons. The predicted octanol–water partition coefficient (Wildman–Crippen LogP) is 1.60. The molecule has 0 aliphatic carbocycles. The average molecular weight is 476 g/mol. The fourth-order valence-corrected chi connectivity index (χ4v) is 2.88. The molecule has 1 aliphatic heterocycles. The Labute approximate surface area is 172 Å². The number of rotatable bonds is 8. The number of carbonyl (C=O) groups excluding carboxylic acids is 1. The first-order valence-electron chi connectivity index (χ1n) is 8.64. The molecular formula is C18H29IN4O3. The largest absolute Gasteiger partial charge is 0.484 e. The summed E-state index contributed by atoms with van der Waals surface area (Å²) in [6.07, 6.45) is 1.12. The van der Waals surface area contributed by atoms with E-state index in [4.69, 9.17) is 20.2 Å². The second-order valence-electron chi connectivity index (χ2n) is 6.13. The van der Waals surface area contributed by atoms with Crippen molar-refractivity contribution in [2.45, 2.75) is 19.9 Å².